The Hall–Kier alpha value is -1.31. The number of allylic oxidation sites excluding steroid dienone is 5. The van der Waals surface area contributed by atoms with Gasteiger partial charge in [0.05, 0.1) is 0 Å². The summed E-state index contributed by atoms with van der Waals surface area (Å²) in [6.07, 6.45) is 9.95. The summed E-state index contributed by atoms with van der Waals surface area (Å²) in [6.45, 7) is 2.71. The molecule has 12 heavy (non-hydrogen) atoms. The highest BCUT2D eigenvalue weighted by molar-refractivity contribution is 5.91. The van der Waals surface area contributed by atoms with Gasteiger partial charge in [-0.15, -0.1) is 0 Å². The fraction of sp³-hybridized carbons (Fsp3) is 0.300. The highest BCUT2D eigenvalue weighted by Gasteiger charge is 2.05. The Morgan fingerprint density at radius 1 is 1.50 bits per heavy atom. The van der Waals surface area contributed by atoms with E-state index in [4.69, 9.17) is 0 Å². The fourth-order valence-electron chi connectivity index (χ4n) is 1.00. The van der Waals surface area contributed by atoms with Crippen LogP contribution in [0.1, 0.15) is 13.3 Å². The van der Waals surface area contributed by atoms with E-state index in [1.54, 1.807) is 6.08 Å². The Balaban J connectivity index is 2.56. The molecule has 1 aliphatic heterocycles. The van der Waals surface area contributed by atoms with E-state index in [0.29, 0.717) is 6.42 Å². The van der Waals surface area contributed by atoms with E-state index in [1.807, 2.05) is 31.2 Å². The molecule has 2 nitrogen and oxygen atoms in total. The molecule has 0 saturated heterocycles. The van der Waals surface area contributed by atoms with E-state index in [2.05, 4.69) is 5.32 Å². The third-order valence-electron chi connectivity index (χ3n) is 1.60. The Morgan fingerprint density at radius 3 is 3.00 bits per heavy atom. The number of ketones is 1. The topological polar surface area (TPSA) is 29.1 Å². The first-order valence-corrected chi connectivity index (χ1v) is 4.10. The largest absolute Gasteiger partial charge is 0.384 e. The van der Waals surface area contributed by atoms with Crippen molar-refractivity contribution in [2.45, 2.75) is 13.3 Å². The standard InChI is InChI=1S/C10H13NO/c1-2-3-4-5-9-8-10(12)6-7-11-9/h2-5,8,11H,6-7H2,1H3. The summed E-state index contributed by atoms with van der Waals surface area (Å²) in [5.74, 6) is 0.203. The molecule has 0 radical (unpaired) electrons. The van der Waals surface area contributed by atoms with Gasteiger partial charge in [-0.05, 0) is 13.0 Å². The van der Waals surface area contributed by atoms with Crippen LogP contribution < -0.4 is 5.32 Å². The molecule has 1 N–H and O–H groups in total. The van der Waals surface area contributed by atoms with Gasteiger partial charge in [-0.2, -0.15) is 0 Å². The van der Waals surface area contributed by atoms with Gasteiger partial charge in [0, 0.05) is 24.7 Å². The second-order valence-corrected chi connectivity index (χ2v) is 2.63. The van der Waals surface area contributed by atoms with Crippen molar-refractivity contribution in [1.82, 2.24) is 5.32 Å². The van der Waals surface area contributed by atoms with Crippen molar-refractivity contribution in [3.8, 4) is 0 Å². The van der Waals surface area contributed by atoms with Crippen LogP contribution >= 0.6 is 0 Å². The summed E-state index contributed by atoms with van der Waals surface area (Å²) in [4.78, 5) is 10.9. The molecule has 0 aromatic heterocycles. The lowest BCUT2D eigenvalue weighted by Crippen LogP contribution is -2.22. The molecule has 0 fully saturated rings. The van der Waals surface area contributed by atoms with Crippen molar-refractivity contribution in [2.24, 2.45) is 0 Å². The van der Waals surface area contributed by atoms with Crippen LogP contribution in [0.15, 0.2) is 36.1 Å². The van der Waals surface area contributed by atoms with Crippen molar-refractivity contribution in [3.05, 3.63) is 36.1 Å². The molecule has 0 aromatic carbocycles. The smallest absolute Gasteiger partial charge is 0.159 e. The number of rotatable bonds is 2. The molecule has 0 spiro atoms. The van der Waals surface area contributed by atoms with E-state index >= 15 is 0 Å². The van der Waals surface area contributed by atoms with Crippen LogP contribution in [0.3, 0.4) is 0 Å². The summed E-state index contributed by atoms with van der Waals surface area (Å²) in [6, 6.07) is 0. The number of carbonyl (C=O) groups excluding carboxylic acids is 1. The highest BCUT2D eigenvalue weighted by Crippen LogP contribution is 2.01. The quantitative estimate of drug-likeness (QED) is 0.626. The minimum atomic E-state index is 0.203. The molecule has 1 rings (SSSR count). The molecular formula is C10H13NO. The average molecular weight is 163 g/mol. The number of hydrogen-bond donors (Lipinski definition) is 1. The van der Waals surface area contributed by atoms with Gasteiger partial charge in [-0.25, -0.2) is 0 Å². The van der Waals surface area contributed by atoms with Crippen LogP contribution in [0, 0.1) is 0 Å². The number of hydrogen-bond acceptors (Lipinski definition) is 2. The lowest BCUT2D eigenvalue weighted by atomic mass is 10.1. The third-order valence-corrected chi connectivity index (χ3v) is 1.60. The molecule has 1 heterocycles. The zero-order chi connectivity index (χ0) is 8.81. The van der Waals surface area contributed by atoms with Crippen LogP contribution in [0.25, 0.3) is 0 Å². The van der Waals surface area contributed by atoms with Gasteiger partial charge in [-0.1, -0.05) is 18.2 Å². The van der Waals surface area contributed by atoms with E-state index in [9.17, 15) is 4.79 Å². The summed E-state index contributed by atoms with van der Waals surface area (Å²) in [5.41, 5.74) is 0.907. The Labute approximate surface area is 72.7 Å². The zero-order valence-electron chi connectivity index (χ0n) is 7.21. The van der Waals surface area contributed by atoms with Gasteiger partial charge in [-0.3, -0.25) is 4.79 Å². The molecule has 0 atom stereocenters. The molecule has 0 saturated carbocycles. The molecule has 2 heteroatoms. The Bertz CT molecular complexity index is 249. The van der Waals surface area contributed by atoms with E-state index < -0.39 is 0 Å². The lowest BCUT2D eigenvalue weighted by molar-refractivity contribution is -0.114. The highest BCUT2D eigenvalue weighted by atomic mass is 16.1. The monoisotopic (exact) mass is 163 g/mol. The van der Waals surface area contributed by atoms with Gasteiger partial charge >= 0.3 is 0 Å². The number of nitrogens with one attached hydrogen (secondary N) is 1. The van der Waals surface area contributed by atoms with Gasteiger partial charge in [0.15, 0.2) is 5.78 Å². The average Bonchev–Trinajstić information content (AvgIpc) is 2.05. The maximum atomic E-state index is 10.9. The van der Waals surface area contributed by atoms with Gasteiger partial charge in [0.25, 0.3) is 0 Å². The van der Waals surface area contributed by atoms with E-state index in [-0.39, 0.29) is 5.78 Å². The van der Waals surface area contributed by atoms with Gasteiger partial charge in [0.1, 0.15) is 0 Å². The van der Waals surface area contributed by atoms with Crippen LogP contribution in [0.5, 0.6) is 0 Å². The zero-order valence-corrected chi connectivity index (χ0v) is 7.21. The van der Waals surface area contributed by atoms with Crippen molar-refractivity contribution in [2.75, 3.05) is 6.54 Å². The van der Waals surface area contributed by atoms with Crippen molar-refractivity contribution in [3.63, 3.8) is 0 Å². The van der Waals surface area contributed by atoms with Crippen molar-refractivity contribution in [1.29, 1.82) is 0 Å². The van der Waals surface area contributed by atoms with Gasteiger partial charge < -0.3 is 5.32 Å². The van der Waals surface area contributed by atoms with Crippen LogP contribution in [-0.4, -0.2) is 12.3 Å². The van der Waals surface area contributed by atoms with Crippen LogP contribution in [-0.2, 0) is 4.79 Å². The first-order valence-electron chi connectivity index (χ1n) is 4.10. The summed E-state index contributed by atoms with van der Waals surface area (Å²) < 4.78 is 0. The molecule has 0 unspecified atom stereocenters. The summed E-state index contributed by atoms with van der Waals surface area (Å²) in [5, 5.41) is 3.13. The number of carbonyl (C=O) groups is 1. The predicted octanol–water partition coefficient (Wildman–Crippen LogP) is 1.56. The lowest BCUT2D eigenvalue weighted by Gasteiger charge is -2.10. The van der Waals surface area contributed by atoms with Crippen molar-refractivity contribution >= 4 is 5.78 Å². The van der Waals surface area contributed by atoms with Crippen LogP contribution in [0.4, 0.5) is 0 Å². The Morgan fingerprint density at radius 2 is 2.33 bits per heavy atom. The third kappa shape index (κ3) is 2.74. The molecule has 0 aliphatic carbocycles. The van der Waals surface area contributed by atoms with Crippen molar-refractivity contribution < 1.29 is 4.79 Å². The predicted molar refractivity (Wildman–Crippen MR) is 49.7 cm³/mol. The molecule has 1 aliphatic rings. The molecule has 0 aromatic rings. The molecular weight excluding hydrogens is 150 g/mol. The minimum Gasteiger partial charge on any atom is -0.384 e. The normalized spacial score (nSPS) is 18.4. The first kappa shape index (κ1) is 8.78. The molecule has 64 valence electrons. The second-order valence-electron chi connectivity index (χ2n) is 2.63. The Kier molecular flexibility index (Phi) is 3.33. The molecule has 0 amide bonds. The maximum absolute atomic E-state index is 10.9. The summed E-state index contributed by atoms with van der Waals surface area (Å²) in [7, 11) is 0. The summed E-state index contributed by atoms with van der Waals surface area (Å²) >= 11 is 0. The molecule has 0 bridgehead atoms. The minimum absolute atomic E-state index is 0.203. The van der Waals surface area contributed by atoms with E-state index in [0.717, 1.165) is 12.2 Å². The SMILES string of the molecule is CC=CC=CC1=CC(=O)CCN1. The first-order chi connectivity index (χ1) is 5.83. The van der Waals surface area contributed by atoms with Crippen LogP contribution in [0.2, 0.25) is 0 Å². The maximum Gasteiger partial charge on any atom is 0.159 e. The second kappa shape index (κ2) is 4.54. The van der Waals surface area contributed by atoms with Gasteiger partial charge in [0.2, 0.25) is 0 Å². The fourth-order valence-corrected chi connectivity index (χ4v) is 1.00. The van der Waals surface area contributed by atoms with E-state index in [1.165, 1.54) is 0 Å².